The lowest BCUT2D eigenvalue weighted by Gasteiger charge is -2.10. The number of hydrogen-bond acceptors (Lipinski definition) is 1. The third-order valence-electron chi connectivity index (χ3n) is 2.14. The molecule has 0 saturated heterocycles. The number of allylic oxidation sites excluding steroid dienone is 1. The van der Waals surface area contributed by atoms with Gasteiger partial charge in [0, 0.05) is 11.5 Å². The predicted molar refractivity (Wildman–Crippen MR) is 55.0 cm³/mol. The fraction of sp³-hybridized carbons (Fsp3) is 0.250. The van der Waals surface area contributed by atoms with Gasteiger partial charge in [-0.1, -0.05) is 43.3 Å². The standard InChI is InChI=1S/C12H13FO/c1-3-9(2)11(13)12(14)10-7-5-4-6-8-10/h3-9,11H,1H2,2H3. The van der Waals surface area contributed by atoms with Gasteiger partial charge in [-0.3, -0.25) is 4.79 Å². The predicted octanol–water partition coefficient (Wildman–Crippen LogP) is 3.03. The summed E-state index contributed by atoms with van der Waals surface area (Å²) in [5.41, 5.74) is 0.411. The van der Waals surface area contributed by atoms with Crippen LogP contribution in [0.1, 0.15) is 17.3 Å². The van der Waals surface area contributed by atoms with Crippen molar-refractivity contribution in [2.24, 2.45) is 5.92 Å². The zero-order valence-electron chi connectivity index (χ0n) is 8.11. The van der Waals surface area contributed by atoms with Crippen molar-refractivity contribution in [3.63, 3.8) is 0 Å². The van der Waals surface area contributed by atoms with Crippen molar-refractivity contribution in [2.45, 2.75) is 13.1 Å². The first kappa shape index (κ1) is 10.6. The molecule has 0 aromatic heterocycles. The molecule has 0 N–H and O–H groups in total. The van der Waals surface area contributed by atoms with Crippen molar-refractivity contribution in [1.29, 1.82) is 0 Å². The van der Waals surface area contributed by atoms with Crippen LogP contribution >= 0.6 is 0 Å². The van der Waals surface area contributed by atoms with Crippen LogP contribution in [-0.4, -0.2) is 12.0 Å². The summed E-state index contributed by atoms with van der Waals surface area (Å²) in [6.45, 7) is 5.10. The lowest BCUT2D eigenvalue weighted by molar-refractivity contribution is 0.0843. The van der Waals surface area contributed by atoms with Crippen LogP contribution in [0, 0.1) is 5.92 Å². The minimum absolute atomic E-state index is 0.411. The highest BCUT2D eigenvalue weighted by Gasteiger charge is 2.23. The molecule has 74 valence electrons. The number of Topliss-reactive ketones (excluding diaryl/α,β-unsaturated/α-hetero) is 1. The van der Waals surface area contributed by atoms with Crippen molar-refractivity contribution in [1.82, 2.24) is 0 Å². The van der Waals surface area contributed by atoms with Gasteiger partial charge >= 0.3 is 0 Å². The van der Waals surface area contributed by atoms with E-state index < -0.39 is 17.9 Å². The van der Waals surface area contributed by atoms with Crippen LogP contribution in [0.15, 0.2) is 43.0 Å². The maximum absolute atomic E-state index is 13.5. The van der Waals surface area contributed by atoms with Gasteiger partial charge in [0.1, 0.15) is 0 Å². The van der Waals surface area contributed by atoms with Crippen LogP contribution in [0.5, 0.6) is 0 Å². The molecule has 0 amide bonds. The van der Waals surface area contributed by atoms with E-state index >= 15 is 0 Å². The molecule has 0 heterocycles. The number of hydrogen-bond donors (Lipinski definition) is 0. The van der Waals surface area contributed by atoms with Crippen molar-refractivity contribution in [3.8, 4) is 0 Å². The molecule has 0 radical (unpaired) electrons. The zero-order chi connectivity index (χ0) is 10.6. The molecule has 0 bridgehead atoms. The molecule has 0 aliphatic heterocycles. The Bertz CT molecular complexity index is 318. The molecule has 2 unspecified atom stereocenters. The summed E-state index contributed by atoms with van der Waals surface area (Å²) in [6.07, 6.45) is -0.0409. The topological polar surface area (TPSA) is 17.1 Å². The van der Waals surface area contributed by atoms with Crippen LogP contribution in [0.2, 0.25) is 0 Å². The highest BCUT2D eigenvalue weighted by Crippen LogP contribution is 2.14. The summed E-state index contributed by atoms with van der Waals surface area (Å²) < 4.78 is 13.5. The third-order valence-corrected chi connectivity index (χ3v) is 2.14. The summed E-state index contributed by atoms with van der Waals surface area (Å²) in [5, 5.41) is 0. The number of alkyl halides is 1. The highest BCUT2D eigenvalue weighted by molar-refractivity contribution is 5.99. The maximum atomic E-state index is 13.5. The number of ketones is 1. The SMILES string of the molecule is C=CC(C)C(F)C(=O)c1ccccc1. The molecule has 1 rings (SSSR count). The molecule has 1 aromatic rings. The van der Waals surface area contributed by atoms with Crippen LogP contribution < -0.4 is 0 Å². The first-order valence-electron chi connectivity index (χ1n) is 4.52. The molecule has 1 nitrogen and oxygen atoms in total. The molecule has 2 atom stereocenters. The molecular weight excluding hydrogens is 179 g/mol. The Kier molecular flexibility index (Phi) is 3.57. The van der Waals surface area contributed by atoms with Crippen LogP contribution in [0.3, 0.4) is 0 Å². The lowest BCUT2D eigenvalue weighted by atomic mass is 9.98. The minimum Gasteiger partial charge on any atom is -0.291 e. The van der Waals surface area contributed by atoms with Crippen molar-refractivity contribution < 1.29 is 9.18 Å². The van der Waals surface area contributed by atoms with Gasteiger partial charge in [-0.05, 0) is 0 Å². The second-order valence-electron chi connectivity index (χ2n) is 3.23. The van der Waals surface area contributed by atoms with E-state index in [9.17, 15) is 9.18 Å². The van der Waals surface area contributed by atoms with E-state index in [2.05, 4.69) is 6.58 Å². The van der Waals surface area contributed by atoms with Gasteiger partial charge in [0.25, 0.3) is 0 Å². The Balaban J connectivity index is 2.81. The molecule has 14 heavy (non-hydrogen) atoms. The minimum atomic E-state index is -1.49. The van der Waals surface area contributed by atoms with Gasteiger partial charge in [-0.15, -0.1) is 6.58 Å². The molecule has 0 spiro atoms. The number of carbonyl (C=O) groups excluding carboxylic acids is 1. The van der Waals surface area contributed by atoms with Gasteiger partial charge in [-0.25, -0.2) is 4.39 Å². The quantitative estimate of drug-likeness (QED) is 0.529. The van der Waals surface area contributed by atoms with E-state index in [4.69, 9.17) is 0 Å². The number of carbonyl (C=O) groups is 1. The Morgan fingerprint density at radius 3 is 2.50 bits per heavy atom. The number of rotatable bonds is 4. The Morgan fingerprint density at radius 1 is 1.43 bits per heavy atom. The summed E-state index contributed by atoms with van der Waals surface area (Å²) in [5.74, 6) is -0.916. The summed E-state index contributed by atoms with van der Waals surface area (Å²) in [6, 6.07) is 8.47. The molecule has 2 heteroatoms. The Morgan fingerprint density at radius 2 is 2.00 bits per heavy atom. The van der Waals surface area contributed by atoms with E-state index in [0.717, 1.165) is 0 Å². The van der Waals surface area contributed by atoms with E-state index in [-0.39, 0.29) is 0 Å². The first-order valence-corrected chi connectivity index (χ1v) is 4.52. The first-order chi connectivity index (χ1) is 6.66. The highest BCUT2D eigenvalue weighted by atomic mass is 19.1. The zero-order valence-corrected chi connectivity index (χ0v) is 8.11. The van der Waals surface area contributed by atoms with Crippen LogP contribution in [0.4, 0.5) is 4.39 Å². The van der Waals surface area contributed by atoms with Crippen molar-refractivity contribution in [2.75, 3.05) is 0 Å². The normalized spacial score (nSPS) is 14.4. The van der Waals surface area contributed by atoms with Gasteiger partial charge in [0.05, 0.1) is 0 Å². The average Bonchev–Trinajstić information content (AvgIpc) is 2.27. The molecule has 1 aromatic carbocycles. The molecule has 0 fully saturated rings. The summed E-state index contributed by atoms with van der Waals surface area (Å²) in [7, 11) is 0. The van der Waals surface area contributed by atoms with Crippen LogP contribution in [0.25, 0.3) is 0 Å². The summed E-state index contributed by atoms with van der Waals surface area (Å²) in [4.78, 5) is 11.5. The van der Waals surface area contributed by atoms with Crippen molar-refractivity contribution >= 4 is 5.78 Å². The summed E-state index contributed by atoms with van der Waals surface area (Å²) >= 11 is 0. The van der Waals surface area contributed by atoms with Crippen molar-refractivity contribution in [3.05, 3.63) is 48.6 Å². The van der Waals surface area contributed by atoms with E-state index in [1.54, 1.807) is 37.3 Å². The van der Waals surface area contributed by atoms with Gasteiger partial charge in [0.15, 0.2) is 12.0 Å². The molecular formula is C12H13FO. The van der Waals surface area contributed by atoms with Gasteiger partial charge in [-0.2, -0.15) is 0 Å². The monoisotopic (exact) mass is 192 g/mol. The van der Waals surface area contributed by atoms with E-state index in [1.165, 1.54) is 6.08 Å². The second kappa shape index (κ2) is 4.70. The smallest absolute Gasteiger partial charge is 0.197 e. The molecule has 0 aliphatic rings. The number of benzene rings is 1. The van der Waals surface area contributed by atoms with Gasteiger partial charge < -0.3 is 0 Å². The van der Waals surface area contributed by atoms with Gasteiger partial charge in [0.2, 0.25) is 0 Å². The fourth-order valence-corrected chi connectivity index (χ4v) is 1.12. The maximum Gasteiger partial charge on any atom is 0.197 e. The lowest BCUT2D eigenvalue weighted by Crippen LogP contribution is -2.22. The number of halogens is 1. The fourth-order valence-electron chi connectivity index (χ4n) is 1.12. The van der Waals surface area contributed by atoms with Crippen LogP contribution in [-0.2, 0) is 0 Å². The molecule has 0 aliphatic carbocycles. The largest absolute Gasteiger partial charge is 0.291 e. The Labute approximate surface area is 83.3 Å². The van der Waals surface area contributed by atoms with E-state index in [1.807, 2.05) is 0 Å². The third kappa shape index (κ3) is 2.28. The molecule has 0 saturated carbocycles. The van der Waals surface area contributed by atoms with E-state index in [0.29, 0.717) is 5.56 Å². The average molecular weight is 192 g/mol. The Hall–Kier alpha value is -1.44. The second-order valence-corrected chi connectivity index (χ2v) is 3.23.